The SMILES string of the molecule is NC1(C2(O)CNC2)CCCCC1. The zero-order valence-corrected chi connectivity index (χ0v) is 7.47. The molecule has 2 fully saturated rings. The van der Waals surface area contributed by atoms with Crippen LogP contribution in [0.15, 0.2) is 0 Å². The van der Waals surface area contributed by atoms with E-state index in [0.29, 0.717) is 13.1 Å². The van der Waals surface area contributed by atoms with Crippen molar-refractivity contribution in [1.29, 1.82) is 0 Å². The van der Waals surface area contributed by atoms with Crippen LogP contribution in [-0.4, -0.2) is 29.3 Å². The van der Waals surface area contributed by atoms with Crippen molar-refractivity contribution >= 4 is 0 Å². The molecule has 0 radical (unpaired) electrons. The monoisotopic (exact) mass is 170 g/mol. The Bertz CT molecular complexity index is 171. The third kappa shape index (κ3) is 1.08. The minimum Gasteiger partial charge on any atom is -0.385 e. The minimum absolute atomic E-state index is 0.295. The van der Waals surface area contributed by atoms with E-state index >= 15 is 0 Å². The Morgan fingerprint density at radius 2 is 1.67 bits per heavy atom. The number of aliphatic hydroxyl groups is 1. The molecule has 4 N–H and O–H groups in total. The van der Waals surface area contributed by atoms with Gasteiger partial charge in [0.15, 0.2) is 0 Å². The summed E-state index contributed by atoms with van der Waals surface area (Å²) in [5.74, 6) is 0. The van der Waals surface area contributed by atoms with Gasteiger partial charge in [0.2, 0.25) is 0 Å². The van der Waals surface area contributed by atoms with E-state index in [2.05, 4.69) is 5.32 Å². The lowest BCUT2D eigenvalue weighted by molar-refractivity contribution is -0.0886. The lowest BCUT2D eigenvalue weighted by atomic mass is 9.68. The Morgan fingerprint density at radius 1 is 1.08 bits per heavy atom. The second kappa shape index (κ2) is 2.69. The maximum absolute atomic E-state index is 10.1. The molecule has 3 nitrogen and oxygen atoms in total. The summed E-state index contributed by atoms with van der Waals surface area (Å²) in [4.78, 5) is 0. The first-order valence-electron chi connectivity index (χ1n) is 4.88. The molecular formula is C9H18N2O. The van der Waals surface area contributed by atoms with Gasteiger partial charge in [-0.25, -0.2) is 0 Å². The van der Waals surface area contributed by atoms with Crippen molar-refractivity contribution in [2.75, 3.05) is 13.1 Å². The van der Waals surface area contributed by atoms with E-state index in [0.717, 1.165) is 12.8 Å². The van der Waals surface area contributed by atoms with Gasteiger partial charge in [0.05, 0.1) is 0 Å². The number of nitrogens with one attached hydrogen (secondary N) is 1. The average Bonchev–Trinajstić information content (AvgIpc) is 2.01. The van der Waals surface area contributed by atoms with Gasteiger partial charge in [-0.3, -0.25) is 0 Å². The summed E-state index contributed by atoms with van der Waals surface area (Å²) in [6, 6.07) is 0. The highest BCUT2D eigenvalue weighted by molar-refractivity contribution is 5.11. The van der Waals surface area contributed by atoms with Gasteiger partial charge in [-0.05, 0) is 12.8 Å². The van der Waals surface area contributed by atoms with Crippen LogP contribution in [0.1, 0.15) is 32.1 Å². The van der Waals surface area contributed by atoms with E-state index in [-0.39, 0.29) is 5.54 Å². The zero-order valence-electron chi connectivity index (χ0n) is 7.47. The minimum atomic E-state index is -0.604. The van der Waals surface area contributed by atoms with Gasteiger partial charge < -0.3 is 16.2 Å². The molecule has 0 amide bonds. The van der Waals surface area contributed by atoms with E-state index < -0.39 is 5.60 Å². The lowest BCUT2D eigenvalue weighted by Crippen LogP contribution is -2.75. The van der Waals surface area contributed by atoms with E-state index in [9.17, 15) is 5.11 Å². The summed E-state index contributed by atoms with van der Waals surface area (Å²) in [7, 11) is 0. The molecule has 0 aromatic carbocycles. The van der Waals surface area contributed by atoms with Gasteiger partial charge in [0.1, 0.15) is 5.60 Å². The zero-order chi connectivity index (χ0) is 8.66. The van der Waals surface area contributed by atoms with Crippen molar-refractivity contribution < 1.29 is 5.11 Å². The summed E-state index contributed by atoms with van der Waals surface area (Å²) in [6.45, 7) is 1.37. The molecule has 70 valence electrons. The molecule has 0 unspecified atom stereocenters. The van der Waals surface area contributed by atoms with Crippen molar-refractivity contribution in [2.24, 2.45) is 5.73 Å². The molecule has 0 spiro atoms. The molecule has 0 atom stereocenters. The third-order valence-electron chi connectivity index (χ3n) is 3.51. The summed E-state index contributed by atoms with van der Waals surface area (Å²) < 4.78 is 0. The summed E-state index contributed by atoms with van der Waals surface area (Å²) >= 11 is 0. The Morgan fingerprint density at radius 3 is 2.08 bits per heavy atom. The van der Waals surface area contributed by atoms with Crippen molar-refractivity contribution in [1.82, 2.24) is 5.32 Å². The number of hydrogen-bond donors (Lipinski definition) is 3. The largest absolute Gasteiger partial charge is 0.385 e. The van der Waals surface area contributed by atoms with Crippen LogP contribution in [0.4, 0.5) is 0 Å². The highest BCUT2D eigenvalue weighted by Crippen LogP contribution is 2.36. The maximum atomic E-state index is 10.1. The van der Waals surface area contributed by atoms with Crippen LogP contribution in [0, 0.1) is 0 Å². The van der Waals surface area contributed by atoms with Gasteiger partial charge in [-0.15, -0.1) is 0 Å². The molecule has 1 aliphatic carbocycles. The summed E-state index contributed by atoms with van der Waals surface area (Å²) in [5, 5.41) is 13.2. The van der Waals surface area contributed by atoms with Crippen molar-refractivity contribution in [3.63, 3.8) is 0 Å². The van der Waals surface area contributed by atoms with Gasteiger partial charge >= 0.3 is 0 Å². The Labute approximate surface area is 73.3 Å². The van der Waals surface area contributed by atoms with Gasteiger partial charge in [-0.2, -0.15) is 0 Å². The highest BCUT2D eigenvalue weighted by atomic mass is 16.3. The fourth-order valence-electron chi connectivity index (χ4n) is 2.36. The molecule has 2 aliphatic rings. The first-order valence-corrected chi connectivity index (χ1v) is 4.88. The topological polar surface area (TPSA) is 58.3 Å². The smallest absolute Gasteiger partial charge is 0.107 e. The molecule has 0 aromatic rings. The van der Waals surface area contributed by atoms with Crippen LogP contribution in [-0.2, 0) is 0 Å². The predicted octanol–water partition coefficient (Wildman–Crippen LogP) is -0.0177. The molecule has 2 rings (SSSR count). The van der Waals surface area contributed by atoms with Crippen molar-refractivity contribution in [3.05, 3.63) is 0 Å². The standard InChI is InChI=1S/C9H18N2O/c10-8(4-2-1-3-5-8)9(12)6-11-7-9/h11-12H,1-7,10H2. The van der Waals surface area contributed by atoms with Crippen LogP contribution in [0.5, 0.6) is 0 Å². The van der Waals surface area contributed by atoms with Crippen LogP contribution < -0.4 is 11.1 Å². The summed E-state index contributed by atoms with van der Waals surface area (Å²) in [6.07, 6.45) is 5.62. The molecule has 0 aromatic heterocycles. The Balaban J connectivity index is 2.07. The normalized spacial score (nSPS) is 32.5. The summed E-state index contributed by atoms with van der Waals surface area (Å²) in [5.41, 5.74) is 5.31. The highest BCUT2D eigenvalue weighted by Gasteiger charge is 2.51. The maximum Gasteiger partial charge on any atom is 0.107 e. The van der Waals surface area contributed by atoms with Gasteiger partial charge in [-0.1, -0.05) is 19.3 Å². The van der Waals surface area contributed by atoms with E-state index in [4.69, 9.17) is 5.73 Å². The Hall–Kier alpha value is -0.120. The number of β-amino-alcohol motifs (C(OH)–C–C–N with tert-alkyl or cyclic N) is 1. The predicted molar refractivity (Wildman–Crippen MR) is 47.8 cm³/mol. The molecular weight excluding hydrogens is 152 g/mol. The fraction of sp³-hybridized carbons (Fsp3) is 1.00. The molecule has 1 saturated heterocycles. The van der Waals surface area contributed by atoms with E-state index in [1.807, 2.05) is 0 Å². The van der Waals surface area contributed by atoms with E-state index in [1.165, 1.54) is 19.3 Å². The first kappa shape index (κ1) is 8.48. The fourth-order valence-corrected chi connectivity index (χ4v) is 2.36. The molecule has 0 bridgehead atoms. The number of hydrogen-bond acceptors (Lipinski definition) is 3. The van der Waals surface area contributed by atoms with Crippen LogP contribution >= 0.6 is 0 Å². The second-order valence-corrected chi connectivity index (χ2v) is 4.35. The van der Waals surface area contributed by atoms with Crippen LogP contribution in [0.2, 0.25) is 0 Å². The van der Waals surface area contributed by atoms with Gasteiger partial charge in [0, 0.05) is 18.6 Å². The average molecular weight is 170 g/mol. The molecule has 12 heavy (non-hydrogen) atoms. The van der Waals surface area contributed by atoms with Gasteiger partial charge in [0.25, 0.3) is 0 Å². The third-order valence-corrected chi connectivity index (χ3v) is 3.51. The van der Waals surface area contributed by atoms with Crippen LogP contribution in [0.25, 0.3) is 0 Å². The quantitative estimate of drug-likeness (QED) is 0.518. The number of nitrogens with two attached hydrogens (primary N) is 1. The van der Waals surface area contributed by atoms with E-state index in [1.54, 1.807) is 0 Å². The lowest BCUT2D eigenvalue weighted by Gasteiger charge is -2.52. The molecule has 3 heteroatoms. The van der Waals surface area contributed by atoms with Crippen LogP contribution in [0.3, 0.4) is 0 Å². The second-order valence-electron chi connectivity index (χ2n) is 4.35. The Kier molecular flexibility index (Phi) is 1.90. The molecule has 1 heterocycles. The van der Waals surface area contributed by atoms with Crippen molar-refractivity contribution in [2.45, 2.75) is 43.2 Å². The molecule has 1 saturated carbocycles. The number of rotatable bonds is 1. The first-order chi connectivity index (χ1) is 5.66. The molecule has 1 aliphatic heterocycles. The van der Waals surface area contributed by atoms with Crippen molar-refractivity contribution in [3.8, 4) is 0 Å².